The first-order valence-corrected chi connectivity index (χ1v) is 17.1. The van der Waals surface area contributed by atoms with E-state index < -0.39 is 0 Å². The second-order valence-corrected chi connectivity index (χ2v) is 11.9. The number of nitrogens with zero attached hydrogens (tertiary/aromatic N) is 3. The molecule has 2 aromatic carbocycles. The molecule has 0 saturated carbocycles. The molecule has 8 heteroatoms. The second kappa shape index (κ2) is 21.2. The van der Waals surface area contributed by atoms with E-state index in [1.54, 1.807) is 6.07 Å². The molecule has 8 nitrogen and oxygen atoms in total. The number of imidazole rings is 1. The monoisotopic (exact) mass is 636 g/mol. The van der Waals surface area contributed by atoms with E-state index in [1.165, 1.54) is 37.3 Å². The molecule has 0 amide bonds. The van der Waals surface area contributed by atoms with E-state index in [-0.39, 0.29) is 16.9 Å². The number of anilines is 1. The Morgan fingerprint density at radius 2 is 1.57 bits per heavy atom. The topological polar surface area (TPSA) is 123 Å². The molecule has 256 valence electrons. The summed E-state index contributed by atoms with van der Waals surface area (Å²) in [6.07, 6.45) is 9.88. The van der Waals surface area contributed by atoms with E-state index in [1.807, 2.05) is 26.7 Å². The smallest absolute Gasteiger partial charge is 0.162 e. The fourth-order valence-electron chi connectivity index (χ4n) is 4.98. The zero-order valence-corrected chi connectivity index (χ0v) is 29.8. The minimum absolute atomic E-state index is 0.0791. The number of ether oxygens (including phenoxy) is 1. The summed E-state index contributed by atoms with van der Waals surface area (Å²) in [6, 6.07) is 11.5. The molecule has 0 atom stereocenters. The van der Waals surface area contributed by atoms with Gasteiger partial charge in [-0.2, -0.15) is 0 Å². The zero-order chi connectivity index (χ0) is 34.7. The van der Waals surface area contributed by atoms with Gasteiger partial charge in [0.05, 0.1) is 17.6 Å². The molecule has 46 heavy (non-hydrogen) atoms. The molecule has 0 aliphatic rings. The van der Waals surface area contributed by atoms with Crippen LogP contribution in [0.25, 0.3) is 21.9 Å². The number of nitrogen functional groups attached to an aromatic ring is 1. The van der Waals surface area contributed by atoms with Crippen molar-refractivity contribution in [2.75, 3.05) is 18.9 Å². The number of unbranched alkanes of at least 4 members (excludes halogenated alkanes) is 4. The van der Waals surface area contributed by atoms with Gasteiger partial charge in [0.1, 0.15) is 18.1 Å². The Hall–Kier alpha value is -3.65. The van der Waals surface area contributed by atoms with Crippen molar-refractivity contribution in [3.63, 3.8) is 0 Å². The normalized spacial score (nSPS) is 10.9. The lowest BCUT2D eigenvalue weighted by Gasteiger charge is -2.25. The van der Waals surface area contributed by atoms with Crippen molar-refractivity contribution in [2.45, 2.75) is 125 Å². The number of aromatic nitrogens is 3. The standard InChI is InChI=1S/C31H42N4O3.C4H10.C2H6.CH2O/c1-5-7-9-17-38-18-16-31(3,4)22-14-15-23-24(19-22)33-30(32)27-28(23)35(26(34-27)13-8-6-2)20-21-11-10-12-25(36)29(21)37;1-3-4-2;2*1-2/h10-12,14-15,19,36-37H,5-9,13,16-18,20H2,1-4H3,(H2,32,33);3-4H2,1-2H3;1-2H3;1H2. The molecule has 4 aromatic rings. The Balaban J connectivity index is 0.00000121. The molecule has 4 N–H and O–H groups in total. The number of hydrogen-bond acceptors (Lipinski definition) is 7. The van der Waals surface area contributed by atoms with Gasteiger partial charge in [0.2, 0.25) is 0 Å². The van der Waals surface area contributed by atoms with E-state index in [4.69, 9.17) is 25.2 Å². The average Bonchev–Trinajstić information content (AvgIpc) is 3.44. The Bertz CT molecular complexity index is 1450. The van der Waals surface area contributed by atoms with Crippen molar-refractivity contribution in [3.8, 4) is 11.5 Å². The maximum Gasteiger partial charge on any atom is 0.162 e. The first-order valence-electron chi connectivity index (χ1n) is 17.1. The third kappa shape index (κ3) is 11.0. The third-order valence-electron chi connectivity index (χ3n) is 8.01. The molecule has 0 saturated heterocycles. The highest BCUT2D eigenvalue weighted by molar-refractivity contribution is 6.06. The van der Waals surface area contributed by atoms with E-state index in [2.05, 4.69) is 64.3 Å². The molecule has 2 aromatic heterocycles. The van der Waals surface area contributed by atoms with E-state index in [9.17, 15) is 10.2 Å². The Morgan fingerprint density at radius 3 is 2.20 bits per heavy atom. The maximum absolute atomic E-state index is 10.5. The number of aryl methyl sites for hydroxylation is 1. The summed E-state index contributed by atoms with van der Waals surface area (Å²) in [5.74, 6) is 1.06. The van der Waals surface area contributed by atoms with Gasteiger partial charge in [0, 0.05) is 30.6 Å². The molecule has 2 heterocycles. The predicted octanol–water partition coefficient (Wildman–Crippen LogP) is 9.49. The van der Waals surface area contributed by atoms with Crippen molar-refractivity contribution in [3.05, 3.63) is 53.3 Å². The van der Waals surface area contributed by atoms with E-state index in [0.29, 0.717) is 23.4 Å². The van der Waals surface area contributed by atoms with Crippen LogP contribution in [0.2, 0.25) is 0 Å². The largest absolute Gasteiger partial charge is 0.504 e. The van der Waals surface area contributed by atoms with Gasteiger partial charge in [-0.05, 0) is 42.4 Å². The summed E-state index contributed by atoms with van der Waals surface area (Å²) in [6.45, 7) is 21.1. The Labute approximate surface area is 277 Å². The van der Waals surface area contributed by atoms with Gasteiger partial charge >= 0.3 is 0 Å². The number of nitrogens with two attached hydrogens (primary N) is 1. The van der Waals surface area contributed by atoms with Gasteiger partial charge in [-0.15, -0.1) is 0 Å². The number of rotatable bonds is 14. The van der Waals surface area contributed by atoms with Gasteiger partial charge in [-0.1, -0.05) is 112 Å². The molecule has 0 aliphatic carbocycles. The number of phenolic OH excluding ortho intramolecular Hbond substituents is 2. The van der Waals surface area contributed by atoms with Crippen LogP contribution in [-0.4, -0.2) is 44.8 Å². The number of carbonyl (C=O) groups is 1. The first kappa shape index (κ1) is 40.4. The average molecular weight is 637 g/mol. The molecule has 0 aliphatic heterocycles. The Morgan fingerprint density at radius 1 is 0.891 bits per heavy atom. The maximum atomic E-state index is 10.5. The minimum Gasteiger partial charge on any atom is -0.504 e. The number of hydrogen-bond donors (Lipinski definition) is 3. The van der Waals surface area contributed by atoms with Crippen LogP contribution in [0, 0.1) is 0 Å². The first-order chi connectivity index (χ1) is 22.2. The quantitative estimate of drug-likeness (QED) is 0.0930. The van der Waals surface area contributed by atoms with Gasteiger partial charge in [-0.3, -0.25) is 0 Å². The van der Waals surface area contributed by atoms with Crippen molar-refractivity contribution >= 4 is 34.5 Å². The van der Waals surface area contributed by atoms with Crippen LogP contribution < -0.4 is 5.73 Å². The second-order valence-electron chi connectivity index (χ2n) is 11.9. The number of carbonyl (C=O) groups excluding carboxylic acids is 1. The highest BCUT2D eigenvalue weighted by Crippen LogP contribution is 2.36. The fourth-order valence-corrected chi connectivity index (χ4v) is 4.98. The minimum atomic E-state index is -0.130. The summed E-state index contributed by atoms with van der Waals surface area (Å²) in [4.78, 5) is 17.7. The van der Waals surface area contributed by atoms with E-state index >= 15 is 0 Å². The van der Waals surface area contributed by atoms with Crippen molar-refractivity contribution in [1.82, 2.24) is 14.5 Å². The van der Waals surface area contributed by atoms with Crippen LogP contribution in [0.3, 0.4) is 0 Å². The fraction of sp³-hybridized carbons (Fsp3) is 0.553. The van der Waals surface area contributed by atoms with E-state index in [0.717, 1.165) is 67.6 Å². The zero-order valence-electron chi connectivity index (χ0n) is 29.8. The highest BCUT2D eigenvalue weighted by Gasteiger charge is 2.23. The molecule has 0 fully saturated rings. The third-order valence-corrected chi connectivity index (χ3v) is 8.01. The summed E-state index contributed by atoms with van der Waals surface area (Å²) in [5, 5.41) is 21.6. The lowest BCUT2D eigenvalue weighted by Crippen LogP contribution is -2.20. The molecule has 0 bridgehead atoms. The van der Waals surface area contributed by atoms with Crippen LogP contribution in [0.5, 0.6) is 11.5 Å². The molecular formula is C38H60N4O4. The van der Waals surface area contributed by atoms with Crippen molar-refractivity contribution in [1.29, 1.82) is 0 Å². The lowest BCUT2D eigenvalue weighted by molar-refractivity contribution is -0.0980. The summed E-state index contributed by atoms with van der Waals surface area (Å²) in [5.41, 5.74) is 10.6. The van der Waals surface area contributed by atoms with Gasteiger partial charge in [0.15, 0.2) is 17.3 Å². The van der Waals surface area contributed by atoms with Gasteiger partial charge < -0.3 is 30.0 Å². The number of pyridine rings is 1. The summed E-state index contributed by atoms with van der Waals surface area (Å²) in [7, 11) is 0. The van der Waals surface area contributed by atoms with Crippen LogP contribution in [0.4, 0.5) is 5.82 Å². The number of para-hydroxylation sites is 1. The lowest BCUT2D eigenvalue weighted by atomic mass is 9.81. The molecule has 0 unspecified atom stereocenters. The number of benzene rings is 2. The Kier molecular flexibility index (Phi) is 18.6. The molecule has 0 radical (unpaired) electrons. The number of phenols is 2. The number of fused-ring (bicyclic) bond motifs is 3. The SMILES string of the molecule is C=O.CC.CCCC.CCCCCOCCC(C)(C)c1ccc2c(c1)nc(N)c1nc(CCCC)n(Cc3cccc(O)c3O)c12. The summed E-state index contributed by atoms with van der Waals surface area (Å²) >= 11 is 0. The van der Waals surface area contributed by atoms with Crippen molar-refractivity contribution in [2.24, 2.45) is 0 Å². The van der Waals surface area contributed by atoms with Crippen molar-refractivity contribution < 1.29 is 19.7 Å². The van der Waals surface area contributed by atoms with Gasteiger partial charge in [0.25, 0.3) is 0 Å². The van der Waals surface area contributed by atoms with Crippen LogP contribution >= 0.6 is 0 Å². The van der Waals surface area contributed by atoms with Crippen LogP contribution in [0.1, 0.15) is 124 Å². The van der Waals surface area contributed by atoms with Crippen LogP contribution in [-0.2, 0) is 27.9 Å². The van der Waals surface area contributed by atoms with Gasteiger partial charge in [-0.25, -0.2) is 9.97 Å². The number of aromatic hydroxyl groups is 2. The predicted molar refractivity (Wildman–Crippen MR) is 194 cm³/mol. The van der Waals surface area contributed by atoms with Crippen LogP contribution in [0.15, 0.2) is 36.4 Å². The molecule has 4 rings (SSSR count). The molecular weight excluding hydrogens is 576 g/mol. The highest BCUT2D eigenvalue weighted by atomic mass is 16.5. The summed E-state index contributed by atoms with van der Waals surface area (Å²) < 4.78 is 8.02. The molecule has 0 spiro atoms.